The van der Waals surface area contributed by atoms with Crippen LogP contribution in [0.4, 0.5) is 4.79 Å². The monoisotopic (exact) mass is 284 g/mol. The molecule has 0 bridgehead atoms. The van der Waals surface area contributed by atoms with E-state index in [9.17, 15) is 9.59 Å². The summed E-state index contributed by atoms with van der Waals surface area (Å²) in [6.45, 7) is 3.45. The zero-order valence-corrected chi connectivity index (χ0v) is 11.9. The first-order valence-electron chi connectivity index (χ1n) is 6.64. The van der Waals surface area contributed by atoms with Gasteiger partial charge in [0.25, 0.3) is 0 Å². The van der Waals surface area contributed by atoms with E-state index in [-0.39, 0.29) is 11.9 Å². The molecule has 2 aromatic rings. The molecular formula is C17H16O4. The minimum Gasteiger partial charge on any atom is -0.431 e. The number of benzene rings is 2. The van der Waals surface area contributed by atoms with Crippen LogP contribution in [0.25, 0.3) is 11.1 Å². The number of carbonyl (C=O) groups is 2. The van der Waals surface area contributed by atoms with E-state index in [1.165, 1.54) is 0 Å². The molecule has 0 radical (unpaired) electrons. The van der Waals surface area contributed by atoms with Gasteiger partial charge in [0, 0.05) is 5.56 Å². The zero-order chi connectivity index (χ0) is 15.2. The van der Waals surface area contributed by atoms with Gasteiger partial charge in [-0.05, 0) is 25.5 Å². The molecule has 0 saturated heterocycles. The van der Waals surface area contributed by atoms with Crippen molar-refractivity contribution in [2.75, 3.05) is 0 Å². The third-order valence-corrected chi connectivity index (χ3v) is 2.77. The van der Waals surface area contributed by atoms with Crippen molar-refractivity contribution in [2.45, 2.75) is 20.0 Å². The fraction of sp³-hybridized carbons (Fsp3) is 0.176. The van der Waals surface area contributed by atoms with E-state index in [0.29, 0.717) is 17.4 Å². The Morgan fingerprint density at radius 3 is 2.38 bits per heavy atom. The van der Waals surface area contributed by atoms with Gasteiger partial charge in [0.1, 0.15) is 0 Å². The summed E-state index contributed by atoms with van der Waals surface area (Å²) in [4.78, 5) is 22.9. The minimum atomic E-state index is -0.823. The van der Waals surface area contributed by atoms with Crippen LogP contribution in [0.2, 0.25) is 0 Å². The summed E-state index contributed by atoms with van der Waals surface area (Å²) >= 11 is 0. The lowest BCUT2D eigenvalue weighted by Gasteiger charge is -2.13. The third kappa shape index (κ3) is 3.69. The van der Waals surface area contributed by atoms with Crippen molar-refractivity contribution in [1.82, 2.24) is 0 Å². The fourth-order valence-corrected chi connectivity index (χ4v) is 1.91. The van der Waals surface area contributed by atoms with Gasteiger partial charge in [-0.1, -0.05) is 42.5 Å². The second-order valence-corrected chi connectivity index (χ2v) is 4.73. The molecule has 4 heteroatoms. The first-order valence-corrected chi connectivity index (χ1v) is 6.64. The van der Waals surface area contributed by atoms with Gasteiger partial charge in [-0.3, -0.25) is 4.79 Å². The van der Waals surface area contributed by atoms with Crippen LogP contribution in [-0.2, 0) is 4.74 Å². The molecule has 0 fully saturated rings. The maximum absolute atomic E-state index is 11.7. The molecule has 2 aromatic carbocycles. The lowest BCUT2D eigenvalue weighted by Crippen LogP contribution is -2.16. The van der Waals surface area contributed by atoms with E-state index in [1.54, 1.807) is 32.0 Å². The molecule has 0 amide bonds. The predicted molar refractivity (Wildman–Crippen MR) is 79.5 cm³/mol. The maximum atomic E-state index is 11.7. The molecule has 21 heavy (non-hydrogen) atoms. The van der Waals surface area contributed by atoms with E-state index in [2.05, 4.69) is 0 Å². The highest BCUT2D eigenvalue weighted by Crippen LogP contribution is 2.32. The summed E-state index contributed by atoms with van der Waals surface area (Å²) in [7, 11) is 0. The van der Waals surface area contributed by atoms with Crippen LogP contribution in [0.1, 0.15) is 24.2 Å². The Bertz CT molecular complexity index is 632. The molecule has 0 aromatic heterocycles. The van der Waals surface area contributed by atoms with E-state index in [0.717, 1.165) is 5.56 Å². The Balaban J connectivity index is 2.42. The molecular weight excluding hydrogens is 268 g/mol. The molecule has 0 saturated carbocycles. The van der Waals surface area contributed by atoms with E-state index in [4.69, 9.17) is 9.47 Å². The van der Waals surface area contributed by atoms with Crippen molar-refractivity contribution in [2.24, 2.45) is 0 Å². The molecule has 108 valence electrons. The fourth-order valence-electron chi connectivity index (χ4n) is 1.91. The molecule has 0 aliphatic rings. The number of hydrogen-bond donors (Lipinski definition) is 0. The second-order valence-electron chi connectivity index (χ2n) is 4.73. The molecule has 0 heterocycles. The van der Waals surface area contributed by atoms with Gasteiger partial charge in [0.05, 0.1) is 11.7 Å². The average Bonchev–Trinajstić information content (AvgIpc) is 2.47. The van der Waals surface area contributed by atoms with E-state index < -0.39 is 6.16 Å². The van der Waals surface area contributed by atoms with Crippen molar-refractivity contribution in [3.05, 3.63) is 54.1 Å². The molecule has 0 aliphatic carbocycles. The quantitative estimate of drug-likeness (QED) is 0.482. The van der Waals surface area contributed by atoms with Crippen LogP contribution in [-0.4, -0.2) is 18.5 Å². The van der Waals surface area contributed by atoms with Crippen molar-refractivity contribution >= 4 is 12.4 Å². The van der Waals surface area contributed by atoms with Crippen LogP contribution in [0, 0.1) is 0 Å². The molecule has 0 N–H and O–H groups in total. The summed E-state index contributed by atoms with van der Waals surface area (Å²) < 4.78 is 10.2. The Kier molecular flexibility index (Phi) is 4.72. The average molecular weight is 284 g/mol. The molecule has 0 unspecified atom stereocenters. The maximum Gasteiger partial charge on any atom is 0.514 e. The summed E-state index contributed by atoms with van der Waals surface area (Å²) in [5.41, 5.74) is 1.83. The summed E-state index contributed by atoms with van der Waals surface area (Å²) in [6.07, 6.45) is -0.456. The molecule has 0 spiro atoms. The SMILES string of the molecule is CC(C)OC(=O)Oc1c(C=O)cccc1-c1ccccc1. The van der Waals surface area contributed by atoms with Crippen molar-refractivity contribution in [3.63, 3.8) is 0 Å². The van der Waals surface area contributed by atoms with Crippen LogP contribution in [0.5, 0.6) is 5.75 Å². The van der Waals surface area contributed by atoms with E-state index in [1.807, 2.05) is 30.3 Å². The van der Waals surface area contributed by atoms with Gasteiger partial charge < -0.3 is 9.47 Å². The number of hydrogen-bond acceptors (Lipinski definition) is 4. The summed E-state index contributed by atoms with van der Waals surface area (Å²) in [6, 6.07) is 14.5. The molecule has 4 nitrogen and oxygen atoms in total. The second kappa shape index (κ2) is 6.70. The zero-order valence-electron chi connectivity index (χ0n) is 11.9. The standard InChI is InChI=1S/C17H16O4/c1-12(2)20-17(19)21-16-14(11-18)9-6-10-15(16)13-7-4-3-5-8-13/h3-12H,1-2H3. The van der Waals surface area contributed by atoms with Gasteiger partial charge in [0.15, 0.2) is 12.0 Å². The molecule has 0 aliphatic heterocycles. The van der Waals surface area contributed by atoms with Crippen molar-refractivity contribution in [1.29, 1.82) is 0 Å². The Labute approximate surface area is 123 Å². The topological polar surface area (TPSA) is 52.6 Å². The van der Waals surface area contributed by atoms with Crippen molar-refractivity contribution in [3.8, 4) is 16.9 Å². The van der Waals surface area contributed by atoms with Crippen LogP contribution >= 0.6 is 0 Å². The molecule has 0 atom stereocenters. The summed E-state index contributed by atoms with van der Waals surface area (Å²) in [5.74, 6) is 0.212. The summed E-state index contributed by atoms with van der Waals surface area (Å²) in [5, 5.41) is 0. The van der Waals surface area contributed by atoms with Gasteiger partial charge >= 0.3 is 6.16 Å². The Morgan fingerprint density at radius 2 is 1.76 bits per heavy atom. The number of rotatable bonds is 4. The van der Waals surface area contributed by atoms with Crippen molar-refractivity contribution < 1.29 is 19.1 Å². The number of ether oxygens (including phenoxy) is 2. The predicted octanol–water partition coefficient (Wildman–Crippen LogP) is 4.09. The van der Waals surface area contributed by atoms with Crippen LogP contribution in [0.3, 0.4) is 0 Å². The van der Waals surface area contributed by atoms with Crippen LogP contribution < -0.4 is 4.74 Å². The Hall–Kier alpha value is -2.62. The normalized spacial score (nSPS) is 10.2. The number of para-hydroxylation sites is 1. The Morgan fingerprint density at radius 1 is 1.05 bits per heavy atom. The lowest BCUT2D eigenvalue weighted by molar-refractivity contribution is 0.0728. The van der Waals surface area contributed by atoms with Gasteiger partial charge in [-0.2, -0.15) is 0 Å². The number of carbonyl (C=O) groups excluding carboxylic acids is 2. The van der Waals surface area contributed by atoms with E-state index >= 15 is 0 Å². The first kappa shape index (κ1) is 14.8. The van der Waals surface area contributed by atoms with Crippen LogP contribution in [0.15, 0.2) is 48.5 Å². The highest BCUT2D eigenvalue weighted by atomic mass is 16.7. The third-order valence-electron chi connectivity index (χ3n) is 2.77. The highest BCUT2D eigenvalue weighted by molar-refractivity contribution is 5.88. The van der Waals surface area contributed by atoms with Gasteiger partial charge in [-0.25, -0.2) is 4.79 Å². The van der Waals surface area contributed by atoms with Gasteiger partial charge in [0.2, 0.25) is 0 Å². The first-order chi connectivity index (χ1) is 10.1. The molecule has 2 rings (SSSR count). The van der Waals surface area contributed by atoms with Gasteiger partial charge in [-0.15, -0.1) is 0 Å². The smallest absolute Gasteiger partial charge is 0.431 e. The number of aldehydes is 1. The lowest BCUT2D eigenvalue weighted by atomic mass is 10.0. The highest BCUT2D eigenvalue weighted by Gasteiger charge is 2.16. The largest absolute Gasteiger partial charge is 0.514 e. The minimum absolute atomic E-state index is 0.212.